The molecule has 136 valence electrons. The molecule has 7 nitrogen and oxygen atoms in total. The fraction of sp³-hybridized carbons (Fsp3) is 0.333. The van der Waals surface area contributed by atoms with Crippen molar-refractivity contribution in [1.82, 2.24) is 30.8 Å². The molecule has 0 aliphatic carbocycles. The van der Waals surface area contributed by atoms with E-state index in [-0.39, 0.29) is 0 Å². The van der Waals surface area contributed by atoms with Crippen molar-refractivity contribution in [2.45, 2.75) is 33.9 Å². The maximum absolute atomic E-state index is 4.68. The molecule has 0 spiro atoms. The van der Waals surface area contributed by atoms with Crippen LogP contribution in [0, 0.1) is 13.8 Å². The number of hydrogen-bond acceptors (Lipinski definition) is 5. The molecule has 0 aliphatic heterocycles. The molecule has 0 radical (unpaired) electrons. The molecule has 26 heavy (non-hydrogen) atoms. The second-order valence-electron chi connectivity index (χ2n) is 5.83. The van der Waals surface area contributed by atoms with E-state index in [9.17, 15) is 0 Å². The first-order valence-corrected chi connectivity index (χ1v) is 9.37. The first kappa shape index (κ1) is 18.1. The number of guanidine groups is 1. The van der Waals surface area contributed by atoms with Gasteiger partial charge in [-0.1, -0.05) is 18.2 Å². The Labute approximate surface area is 157 Å². The van der Waals surface area contributed by atoms with Crippen molar-refractivity contribution in [2.24, 2.45) is 4.99 Å². The summed E-state index contributed by atoms with van der Waals surface area (Å²) in [4.78, 5) is 14.7. The predicted molar refractivity (Wildman–Crippen MR) is 105 cm³/mol. The Hall–Kier alpha value is -2.74. The lowest BCUT2D eigenvalue weighted by Gasteiger charge is -2.10. The average molecular weight is 369 g/mol. The van der Waals surface area contributed by atoms with E-state index in [4.69, 9.17) is 0 Å². The number of hydrogen-bond donors (Lipinski definition) is 3. The number of rotatable bonds is 6. The molecule has 0 amide bonds. The minimum absolute atomic E-state index is 0.577. The summed E-state index contributed by atoms with van der Waals surface area (Å²) in [6.45, 7) is 8.24. The number of thiazole rings is 1. The fourth-order valence-electron chi connectivity index (χ4n) is 2.45. The van der Waals surface area contributed by atoms with Crippen LogP contribution < -0.4 is 10.6 Å². The number of aromatic amines is 1. The minimum Gasteiger partial charge on any atom is -0.357 e. The number of nitrogens with one attached hydrogen (secondary N) is 3. The molecule has 1 aromatic carbocycles. The van der Waals surface area contributed by atoms with Gasteiger partial charge in [-0.15, -0.1) is 11.3 Å². The van der Waals surface area contributed by atoms with Gasteiger partial charge in [0.25, 0.3) is 0 Å². The van der Waals surface area contributed by atoms with E-state index in [0.717, 1.165) is 40.2 Å². The molecule has 0 fully saturated rings. The second kappa shape index (κ2) is 8.57. The Bertz CT molecular complexity index is 848. The molecular weight excluding hydrogens is 346 g/mol. The molecule has 3 N–H and O–H groups in total. The summed E-state index contributed by atoms with van der Waals surface area (Å²) >= 11 is 1.72. The van der Waals surface area contributed by atoms with Gasteiger partial charge in [-0.25, -0.2) is 15.0 Å². The summed E-state index contributed by atoms with van der Waals surface area (Å²) in [7, 11) is 0. The largest absolute Gasteiger partial charge is 0.357 e. The monoisotopic (exact) mass is 369 g/mol. The Balaban J connectivity index is 1.66. The Kier molecular flexibility index (Phi) is 5.96. The van der Waals surface area contributed by atoms with E-state index < -0.39 is 0 Å². The summed E-state index contributed by atoms with van der Waals surface area (Å²) in [6.07, 6.45) is 1.51. The van der Waals surface area contributed by atoms with Crippen LogP contribution in [-0.4, -0.2) is 32.7 Å². The standard InChI is InChI=1S/C18H23N7S/c1-4-19-18(21-10-16-24-12(2)13(3)26-16)20-9-14-6-5-7-15(8-14)17-22-11-23-25-17/h5-8,11H,4,9-10H2,1-3H3,(H2,19,20,21)(H,22,23,25). The Morgan fingerprint density at radius 2 is 2.15 bits per heavy atom. The van der Waals surface area contributed by atoms with Crippen molar-refractivity contribution in [3.63, 3.8) is 0 Å². The van der Waals surface area contributed by atoms with Gasteiger partial charge < -0.3 is 10.6 Å². The van der Waals surface area contributed by atoms with Gasteiger partial charge >= 0.3 is 0 Å². The van der Waals surface area contributed by atoms with Gasteiger partial charge in [0, 0.05) is 17.0 Å². The highest BCUT2D eigenvalue weighted by atomic mass is 32.1. The van der Waals surface area contributed by atoms with Crippen molar-refractivity contribution in [3.8, 4) is 11.4 Å². The third kappa shape index (κ3) is 4.66. The van der Waals surface area contributed by atoms with Gasteiger partial charge in [0.1, 0.15) is 11.3 Å². The van der Waals surface area contributed by atoms with Crippen LogP contribution in [0.3, 0.4) is 0 Å². The molecule has 0 saturated carbocycles. The number of H-pyrrole nitrogens is 1. The zero-order chi connectivity index (χ0) is 18.4. The van der Waals surface area contributed by atoms with Crippen molar-refractivity contribution in [2.75, 3.05) is 6.54 Å². The normalized spacial score (nSPS) is 11.6. The summed E-state index contributed by atoms with van der Waals surface area (Å²) in [5.74, 6) is 1.54. The van der Waals surface area contributed by atoms with Crippen molar-refractivity contribution in [3.05, 3.63) is 51.7 Å². The molecule has 2 aromatic heterocycles. The van der Waals surface area contributed by atoms with Crippen molar-refractivity contribution < 1.29 is 0 Å². The molecule has 0 unspecified atom stereocenters. The molecule has 0 bridgehead atoms. The summed E-state index contributed by atoms with van der Waals surface area (Å²) in [5, 5.41) is 14.5. The zero-order valence-electron chi connectivity index (χ0n) is 15.2. The zero-order valence-corrected chi connectivity index (χ0v) is 16.0. The summed E-state index contributed by atoms with van der Waals surface area (Å²) in [6, 6.07) is 8.14. The van der Waals surface area contributed by atoms with Crippen LogP contribution in [0.4, 0.5) is 0 Å². The summed E-state index contributed by atoms with van der Waals surface area (Å²) < 4.78 is 0. The van der Waals surface area contributed by atoms with E-state index in [0.29, 0.717) is 13.1 Å². The first-order chi connectivity index (χ1) is 12.7. The highest BCUT2D eigenvalue weighted by molar-refractivity contribution is 7.11. The second-order valence-corrected chi connectivity index (χ2v) is 7.12. The molecule has 2 heterocycles. The number of nitrogens with zero attached hydrogens (tertiary/aromatic N) is 4. The van der Waals surface area contributed by atoms with E-state index >= 15 is 0 Å². The van der Waals surface area contributed by atoms with Crippen LogP contribution in [0.15, 0.2) is 35.6 Å². The summed E-state index contributed by atoms with van der Waals surface area (Å²) in [5.41, 5.74) is 3.21. The number of aliphatic imine (C=N–C) groups is 1. The SMILES string of the molecule is CCNC(=NCc1cccc(-c2ncn[nH]2)c1)NCc1nc(C)c(C)s1. The first-order valence-electron chi connectivity index (χ1n) is 8.55. The minimum atomic E-state index is 0.577. The third-order valence-electron chi connectivity index (χ3n) is 3.86. The maximum Gasteiger partial charge on any atom is 0.191 e. The average Bonchev–Trinajstić information content (AvgIpc) is 3.28. The molecule has 0 aliphatic rings. The predicted octanol–water partition coefficient (Wildman–Crippen LogP) is 2.80. The molecule has 3 aromatic rings. The lowest BCUT2D eigenvalue weighted by Crippen LogP contribution is -2.36. The lowest BCUT2D eigenvalue weighted by atomic mass is 10.1. The van der Waals surface area contributed by atoms with Crippen LogP contribution in [0.25, 0.3) is 11.4 Å². The van der Waals surface area contributed by atoms with Crippen LogP contribution >= 0.6 is 11.3 Å². The quantitative estimate of drug-likeness (QED) is 0.459. The molecule has 3 rings (SSSR count). The molecule has 8 heteroatoms. The smallest absolute Gasteiger partial charge is 0.191 e. The number of benzene rings is 1. The van der Waals surface area contributed by atoms with Crippen LogP contribution in [0.2, 0.25) is 0 Å². The van der Waals surface area contributed by atoms with Crippen LogP contribution in [0.1, 0.15) is 28.1 Å². The van der Waals surface area contributed by atoms with E-state index in [1.807, 2.05) is 19.1 Å². The molecule has 0 saturated heterocycles. The molecular formula is C18H23N7S. The number of aromatic nitrogens is 4. The van der Waals surface area contributed by atoms with Crippen molar-refractivity contribution in [1.29, 1.82) is 0 Å². The third-order valence-corrected chi connectivity index (χ3v) is 4.93. The van der Waals surface area contributed by atoms with E-state index in [1.54, 1.807) is 11.3 Å². The highest BCUT2D eigenvalue weighted by Crippen LogP contribution is 2.17. The van der Waals surface area contributed by atoms with Gasteiger partial charge in [0.05, 0.1) is 18.8 Å². The fourth-order valence-corrected chi connectivity index (χ4v) is 3.32. The van der Waals surface area contributed by atoms with Gasteiger partial charge in [-0.3, -0.25) is 5.10 Å². The number of aryl methyl sites for hydroxylation is 2. The van der Waals surface area contributed by atoms with Crippen LogP contribution in [-0.2, 0) is 13.1 Å². The highest BCUT2D eigenvalue weighted by Gasteiger charge is 2.05. The van der Waals surface area contributed by atoms with Gasteiger partial charge in [-0.05, 0) is 32.4 Å². The van der Waals surface area contributed by atoms with Gasteiger partial charge in [0.2, 0.25) is 0 Å². The van der Waals surface area contributed by atoms with E-state index in [1.165, 1.54) is 11.2 Å². The Morgan fingerprint density at radius 3 is 2.85 bits per heavy atom. The van der Waals surface area contributed by atoms with Crippen molar-refractivity contribution >= 4 is 17.3 Å². The maximum atomic E-state index is 4.68. The lowest BCUT2D eigenvalue weighted by molar-refractivity contribution is 0.809. The van der Waals surface area contributed by atoms with E-state index in [2.05, 4.69) is 61.8 Å². The Morgan fingerprint density at radius 1 is 1.27 bits per heavy atom. The van der Waals surface area contributed by atoms with Crippen LogP contribution in [0.5, 0.6) is 0 Å². The van der Waals surface area contributed by atoms with Gasteiger partial charge in [-0.2, -0.15) is 5.10 Å². The topological polar surface area (TPSA) is 90.9 Å². The molecule has 0 atom stereocenters. The van der Waals surface area contributed by atoms with Gasteiger partial charge in [0.15, 0.2) is 11.8 Å².